The van der Waals surface area contributed by atoms with Gasteiger partial charge in [-0.05, 0) is 27.8 Å². The van der Waals surface area contributed by atoms with E-state index >= 15 is 0 Å². The average molecular weight is 287 g/mol. The molecule has 0 heterocycles. The van der Waals surface area contributed by atoms with Crippen molar-refractivity contribution in [3.8, 4) is 0 Å². The first kappa shape index (κ1) is 16.5. The van der Waals surface area contributed by atoms with Gasteiger partial charge in [-0.1, -0.05) is 6.07 Å². The van der Waals surface area contributed by atoms with Crippen LogP contribution in [0, 0.1) is 10.1 Å². The summed E-state index contributed by atoms with van der Waals surface area (Å²) in [7, 11) is 22.4. The highest BCUT2D eigenvalue weighted by atomic mass is 35.5. The van der Waals surface area contributed by atoms with E-state index in [4.69, 9.17) is 47.2 Å². The second-order valence-corrected chi connectivity index (χ2v) is 4.96. The average Bonchev–Trinajstić information content (AvgIpc) is 2.27. The lowest BCUT2D eigenvalue weighted by molar-refractivity contribution is -0.385. The van der Waals surface area contributed by atoms with E-state index in [0.717, 1.165) is 18.1 Å². The van der Waals surface area contributed by atoms with E-state index in [9.17, 15) is 10.1 Å². The minimum Gasteiger partial charge on any atom is -0.324 e. The van der Waals surface area contributed by atoms with Crippen LogP contribution in [0.15, 0.2) is 18.2 Å². The van der Waals surface area contributed by atoms with Gasteiger partial charge in [0.2, 0.25) is 0 Å². The SMILES string of the molecule is [B]C([B])(Cl)c1cc([N+](=O)[O-])cc(C([B])([B])OSC)c1. The van der Waals surface area contributed by atoms with Crippen molar-refractivity contribution in [2.24, 2.45) is 0 Å². The molecule has 0 amide bonds. The number of nitro groups is 1. The quantitative estimate of drug-likeness (QED) is 0.267. The van der Waals surface area contributed by atoms with Gasteiger partial charge in [-0.15, -0.1) is 11.6 Å². The van der Waals surface area contributed by atoms with Crippen molar-refractivity contribution in [2.45, 2.75) is 10.1 Å². The van der Waals surface area contributed by atoms with Gasteiger partial charge in [-0.2, -0.15) is 0 Å². The number of alkyl halides is 1. The zero-order valence-corrected chi connectivity index (χ0v) is 11.6. The highest BCUT2D eigenvalue weighted by Crippen LogP contribution is 2.32. The normalized spacial score (nSPS) is 12.3. The zero-order chi connectivity index (χ0) is 14.8. The van der Waals surface area contributed by atoms with Crippen LogP contribution in [-0.2, 0) is 14.3 Å². The summed E-state index contributed by atoms with van der Waals surface area (Å²) in [4.78, 5) is 10.2. The van der Waals surface area contributed by atoms with Crippen molar-refractivity contribution in [3.05, 3.63) is 39.4 Å². The number of benzene rings is 1. The predicted octanol–water partition coefficient (Wildman–Crippen LogP) is 1.02. The van der Waals surface area contributed by atoms with E-state index in [-0.39, 0.29) is 16.8 Å². The van der Waals surface area contributed by atoms with Crippen molar-refractivity contribution in [1.29, 1.82) is 0 Å². The third-order valence-electron chi connectivity index (χ3n) is 2.24. The molecule has 0 aliphatic heterocycles. The van der Waals surface area contributed by atoms with Crippen molar-refractivity contribution in [1.82, 2.24) is 0 Å². The molecule has 0 atom stereocenters. The van der Waals surface area contributed by atoms with Gasteiger partial charge in [-0.25, -0.2) is 0 Å². The number of halogens is 1. The molecule has 0 bridgehead atoms. The molecule has 0 aromatic heterocycles. The van der Waals surface area contributed by atoms with Crippen molar-refractivity contribution < 1.29 is 9.11 Å². The van der Waals surface area contributed by atoms with Gasteiger partial charge >= 0.3 is 0 Å². The topological polar surface area (TPSA) is 52.4 Å². The summed E-state index contributed by atoms with van der Waals surface area (Å²) in [5, 5.41) is 9.14. The Kier molecular flexibility index (Phi) is 5.09. The van der Waals surface area contributed by atoms with Crippen molar-refractivity contribution in [2.75, 3.05) is 6.26 Å². The van der Waals surface area contributed by atoms with Gasteiger partial charge in [-0.3, -0.25) is 10.1 Å². The number of nitrogens with zero attached hydrogens (tertiary/aromatic N) is 1. The van der Waals surface area contributed by atoms with Crippen LogP contribution in [0.2, 0.25) is 0 Å². The molecule has 0 unspecified atom stereocenters. The molecule has 0 aliphatic carbocycles. The summed E-state index contributed by atoms with van der Waals surface area (Å²) in [6, 6.07) is 3.67. The Labute approximate surface area is 126 Å². The molecule has 1 aromatic carbocycles. The monoisotopic (exact) mass is 287 g/mol. The van der Waals surface area contributed by atoms with E-state index < -0.39 is 15.0 Å². The molecular weight excluding hydrogens is 281 g/mol. The first-order chi connectivity index (χ1) is 8.58. The van der Waals surface area contributed by atoms with Crippen LogP contribution in [0.3, 0.4) is 0 Å². The number of non-ortho nitro benzene ring substituents is 1. The Hall–Kier alpha value is -0.520. The number of hydrogen-bond acceptors (Lipinski definition) is 4. The maximum Gasteiger partial charge on any atom is 0.270 e. The summed E-state index contributed by atoms with van der Waals surface area (Å²) in [5.41, 5.74) is -0.0614. The third-order valence-corrected chi connectivity index (χ3v) is 2.90. The predicted molar refractivity (Wildman–Crippen MR) is 79.9 cm³/mol. The van der Waals surface area contributed by atoms with E-state index in [2.05, 4.69) is 0 Å². The molecular formula is C9H6B4ClNO3S. The van der Waals surface area contributed by atoms with Gasteiger partial charge in [0.25, 0.3) is 5.69 Å². The van der Waals surface area contributed by atoms with E-state index in [1.54, 1.807) is 6.26 Å². The highest BCUT2D eigenvalue weighted by molar-refractivity contribution is 7.94. The van der Waals surface area contributed by atoms with E-state index in [1.807, 2.05) is 0 Å². The Balaban J connectivity index is 3.40. The van der Waals surface area contributed by atoms with E-state index in [0.29, 0.717) is 0 Å². The lowest BCUT2D eigenvalue weighted by Crippen LogP contribution is -2.29. The lowest BCUT2D eigenvalue weighted by Gasteiger charge is -2.27. The second kappa shape index (κ2) is 5.85. The highest BCUT2D eigenvalue weighted by Gasteiger charge is 2.27. The van der Waals surface area contributed by atoms with Gasteiger partial charge < -0.3 is 4.18 Å². The summed E-state index contributed by atoms with van der Waals surface area (Å²) in [6.45, 7) is 0. The summed E-state index contributed by atoms with van der Waals surface area (Å²) < 4.78 is 3.26. The van der Waals surface area contributed by atoms with Crippen LogP contribution < -0.4 is 0 Å². The summed E-state index contributed by atoms with van der Waals surface area (Å²) >= 11 is 6.66. The van der Waals surface area contributed by atoms with Crippen LogP contribution in [-0.4, -0.2) is 42.6 Å². The van der Waals surface area contributed by atoms with Gasteiger partial charge in [0, 0.05) is 23.8 Å². The number of hydrogen-bond donors (Lipinski definition) is 0. The van der Waals surface area contributed by atoms with Crippen LogP contribution in [0.1, 0.15) is 11.1 Å². The molecule has 10 heteroatoms. The largest absolute Gasteiger partial charge is 0.324 e. The van der Waals surface area contributed by atoms with Crippen molar-refractivity contribution in [3.63, 3.8) is 0 Å². The van der Waals surface area contributed by atoms with Crippen molar-refractivity contribution >= 4 is 60.7 Å². The molecule has 0 aliphatic rings. The molecule has 1 rings (SSSR count). The third kappa shape index (κ3) is 4.23. The lowest BCUT2D eigenvalue weighted by atomic mass is 9.59. The molecule has 1 aromatic rings. The fourth-order valence-corrected chi connectivity index (χ4v) is 1.83. The van der Waals surface area contributed by atoms with Crippen LogP contribution >= 0.6 is 23.6 Å². The first-order valence-electron chi connectivity index (χ1n) is 4.94. The maximum atomic E-state index is 10.9. The Morgan fingerprint density at radius 1 is 1.26 bits per heavy atom. The molecule has 0 saturated heterocycles. The standard InChI is InChI=1S/C9H6B4ClNO3S/c1-19-18-9(12,13)6-2-5(8(10,11)14)3-7(4-6)15(16)17/h2-4H,1H3. The molecule has 4 nitrogen and oxygen atoms in total. The number of nitro benzene ring substituents is 1. The molecule has 0 N–H and O–H groups in total. The second-order valence-electron chi connectivity index (χ2n) is 3.84. The van der Waals surface area contributed by atoms with Gasteiger partial charge in [0.15, 0.2) is 0 Å². The Morgan fingerprint density at radius 3 is 2.21 bits per heavy atom. The molecule has 19 heavy (non-hydrogen) atoms. The molecule has 0 saturated carbocycles. The van der Waals surface area contributed by atoms with E-state index in [1.165, 1.54) is 12.1 Å². The zero-order valence-electron chi connectivity index (χ0n) is 10.00. The Bertz CT molecular complexity index is 495. The molecule has 0 fully saturated rings. The number of rotatable bonds is 5. The smallest absolute Gasteiger partial charge is 0.270 e. The summed E-state index contributed by atoms with van der Waals surface area (Å²) in [6.07, 6.45) is 1.60. The minimum atomic E-state index is -1.78. The van der Waals surface area contributed by atoms with Gasteiger partial charge in [0.05, 0.1) is 20.6 Å². The maximum absolute atomic E-state index is 10.9. The molecule has 90 valence electrons. The first-order valence-corrected chi connectivity index (χ1v) is 6.47. The fraction of sp³-hybridized carbons (Fsp3) is 0.333. The summed E-state index contributed by atoms with van der Waals surface area (Å²) in [5.74, 6) is 0. The minimum absolute atomic E-state index is 0.100. The van der Waals surface area contributed by atoms with Crippen LogP contribution in [0.4, 0.5) is 5.69 Å². The molecule has 0 spiro atoms. The fourth-order valence-electron chi connectivity index (χ4n) is 1.35. The Morgan fingerprint density at radius 2 is 1.79 bits per heavy atom. The van der Waals surface area contributed by atoms with Gasteiger partial charge in [0.1, 0.15) is 15.7 Å². The van der Waals surface area contributed by atoms with Crippen LogP contribution in [0.5, 0.6) is 0 Å². The molecule has 8 radical (unpaired) electrons. The van der Waals surface area contributed by atoms with Crippen LogP contribution in [0.25, 0.3) is 0 Å².